The average molecular weight is 303 g/mol. The molecule has 18 heavy (non-hydrogen) atoms. The van der Waals surface area contributed by atoms with Gasteiger partial charge >= 0.3 is 0 Å². The molecule has 90 valence electrons. The van der Waals surface area contributed by atoms with Crippen molar-refractivity contribution in [2.45, 2.75) is 6.54 Å². The molecule has 1 aromatic carbocycles. The van der Waals surface area contributed by atoms with Gasteiger partial charge in [-0.1, -0.05) is 28.1 Å². The van der Waals surface area contributed by atoms with E-state index in [1.807, 2.05) is 41.2 Å². The quantitative estimate of drug-likeness (QED) is 0.733. The van der Waals surface area contributed by atoms with Crippen molar-refractivity contribution in [1.82, 2.24) is 9.78 Å². The van der Waals surface area contributed by atoms with E-state index in [1.165, 1.54) is 5.56 Å². The highest BCUT2D eigenvalue weighted by atomic mass is 79.9. The maximum absolute atomic E-state index is 5.32. The van der Waals surface area contributed by atoms with Gasteiger partial charge < -0.3 is 4.42 Å². The zero-order chi connectivity index (χ0) is 12.4. The Morgan fingerprint density at radius 3 is 2.89 bits per heavy atom. The first kappa shape index (κ1) is 11.3. The highest BCUT2D eigenvalue weighted by molar-refractivity contribution is 9.10. The summed E-state index contributed by atoms with van der Waals surface area (Å²) < 4.78 is 8.30. The highest BCUT2D eigenvalue weighted by Gasteiger charge is 2.05. The number of rotatable bonds is 3. The largest absolute Gasteiger partial charge is 0.463 e. The molecule has 3 rings (SSSR count). The molecule has 4 heteroatoms. The van der Waals surface area contributed by atoms with Gasteiger partial charge in [0, 0.05) is 10.7 Å². The van der Waals surface area contributed by atoms with Gasteiger partial charge in [-0.05, 0) is 35.9 Å². The van der Waals surface area contributed by atoms with Crippen molar-refractivity contribution in [3.8, 4) is 11.5 Å². The summed E-state index contributed by atoms with van der Waals surface area (Å²) in [5, 5.41) is 4.49. The van der Waals surface area contributed by atoms with Crippen molar-refractivity contribution in [3.05, 3.63) is 65.0 Å². The van der Waals surface area contributed by atoms with Gasteiger partial charge in [-0.3, -0.25) is 4.68 Å². The van der Waals surface area contributed by atoms with E-state index in [2.05, 4.69) is 33.2 Å². The van der Waals surface area contributed by atoms with Crippen LogP contribution >= 0.6 is 15.9 Å². The molecule has 0 atom stereocenters. The third kappa shape index (κ3) is 2.38. The van der Waals surface area contributed by atoms with Crippen molar-refractivity contribution in [2.24, 2.45) is 0 Å². The number of furan rings is 1. The fraction of sp³-hybridized carbons (Fsp3) is 0.0714. The fourth-order valence-electron chi connectivity index (χ4n) is 1.83. The van der Waals surface area contributed by atoms with Gasteiger partial charge in [0.2, 0.25) is 0 Å². The lowest BCUT2D eigenvalue weighted by atomic mass is 10.2. The lowest BCUT2D eigenvalue weighted by molar-refractivity contribution is 0.576. The van der Waals surface area contributed by atoms with Gasteiger partial charge in [0.25, 0.3) is 0 Å². The van der Waals surface area contributed by atoms with E-state index in [0.29, 0.717) is 0 Å². The van der Waals surface area contributed by atoms with Crippen LogP contribution in [0.15, 0.2) is 63.8 Å². The predicted octanol–water partition coefficient (Wildman–Crippen LogP) is 3.95. The minimum atomic E-state index is 0.750. The zero-order valence-electron chi connectivity index (χ0n) is 9.58. The minimum Gasteiger partial charge on any atom is -0.463 e. The molecule has 0 radical (unpaired) electrons. The molecule has 0 fully saturated rings. The summed E-state index contributed by atoms with van der Waals surface area (Å²) in [4.78, 5) is 0. The Kier molecular flexibility index (Phi) is 3.02. The van der Waals surface area contributed by atoms with Crippen molar-refractivity contribution < 1.29 is 4.42 Å². The van der Waals surface area contributed by atoms with Gasteiger partial charge in [0.15, 0.2) is 5.76 Å². The standard InChI is InChI=1S/C14H11BrN2O/c15-12-4-1-3-11(9-12)10-17-7-6-13(16-17)14-5-2-8-18-14/h1-9H,10H2. The molecule has 0 aliphatic rings. The summed E-state index contributed by atoms with van der Waals surface area (Å²) in [6, 6.07) is 13.9. The average Bonchev–Trinajstić information content (AvgIpc) is 2.98. The molecule has 0 saturated carbocycles. The molecule has 3 nitrogen and oxygen atoms in total. The maximum Gasteiger partial charge on any atom is 0.154 e. The molecule has 2 aromatic heterocycles. The summed E-state index contributed by atoms with van der Waals surface area (Å²) in [5.74, 6) is 0.794. The number of hydrogen-bond acceptors (Lipinski definition) is 2. The Bertz CT molecular complexity index is 643. The van der Waals surface area contributed by atoms with Crippen LogP contribution in [0.25, 0.3) is 11.5 Å². The van der Waals surface area contributed by atoms with Crippen molar-refractivity contribution in [3.63, 3.8) is 0 Å². The van der Waals surface area contributed by atoms with E-state index in [9.17, 15) is 0 Å². The molecular formula is C14H11BrN2O. The molecule has 0 aliphatic heterocycles. The van der Waals surface area contributed by atoms with E-state index in [1.54, 1.807) is 6.26 Å². The van der Waals surface area contributed by atoms with Gasteiger partial charge in [-0.25, -0.2) is 0 Å². The topological polar surface area (TPSA) is 31.0 Å². The third-order valence-corrected chi connectivity index (χ3v) is 3.14. The van der Waals surface area contributed by atoms with E-state index < -0.39 is 0 Å². The Morgan fingerprint density at radius 2 is 2.11 bits per heavy atom. The van der Waals surface area contributed by atoms with Gasteiger partial charge in [0.05, 0.1) is 12.8 Å². The summed E-state index contributed by atoms with van der Waals surface area (Å²) >= 11 is 3.47. The van der Waals surface area contributed by atoms with Crippen molar-refractivity contribution >= 4 is 15.9 Å². The first-order valence-corrected chi connectivity index (χ1v) is 6.42. The second-order valence-corrected chi connectivity index (χ2v) is 4.92. The van der Waals surface area contributed by atoms with Crippen LogP contribution < -0.4 is 0 Å². The molecular weight excluding hydrogens is 292 g/mol. The van der Waals surface area contributed by atoms with Crippen LogP contribution in [0.2, 0.25) is 0 Å². The lowest BCUT2D eigenvalue weighted by Gasteiger charge is -2.02. The molecule has 0 saturated heterocycles. The fourth-order valence-corrected chi connectivity index (χ4v) is 2.27. The van der Waals surface area contributed by atoms with E-state index >= 15 is 0 Å². The summed E-state index contributed by atoms with van der Waals surface area (Å²) in [6.07, 6.45) is 3.61. The molecule has 0 amide bonds. The molecule has 0 bridgehead atoms. The number of nitrogens with zero attached hydrogens (tertiary/aromatic N) is 2. The monoisotopic (exact) mass is 302 g/mol. The van der Waals surface area contributed by atoms with Gasteiger partial charge in [-0.15, -0.1) is 0 Å². The summed E-state index contributed by atoms with van der Waals surface area (Å²) in [7, 11) is 0. The Labute approximate surface area is 113 Å². The second-order valence-electron chi connectivity index (χ2n) is 4.01. The molecule has 0 unspecified atom stereocenters. The predicted molar refractivity (Wildman–Crippen MR) is 73.2 cm³/mol. The Morgan fingerprint density at radius 1 is 1.17 bits per heavy atom. The van der Waals surface area contributed by atoms with Crippen LogP contribution in [-0.4, -0.2) is 9.78 Å². The Hall–Kier alpha value is -1.81. The van der Waals surface area contributed by atoms with Crippen molar-refractivity contribution in [2.75, 3.05) is 0 Å². The molecule has 3 aromatic rings. The van der Waals surface area contributed by atoms with Crippen LogP contribution in [0.3, 0.4) is 0 Å². The van der Waals surface area contributed by atoms with E-state index in [0.717, 1.165) is 22.5 Å². The molecule has 2 heterocycles. The highest BCUT2D eigenvalue weighted by Crippen LogP contribution is 2.18. The van der Waals surface area contributed by atoms with Crippen LogP contribution in [-0.2, 0) is 6.54 Å². The van der Waals surface area contributed by atoms with E-state index in [4.69, 9.17) is 4.42 Å². The summed E-state index contributed by atoms with van der Waals surface area (Å²) in [5.41, 5.74) is 2.06. The SMILES string of the molecule is Brc1cccc(Cn2ccc(-c3ccco3)n2)c1. The number of aromatic nitrogens is 2. The number of benzene rings is 1. The van der Waals surface area contributed by atoms with Gasteiger partial charge in [-0.2, -0.15) is 5.10 Å². The first-order valence-electron chi connectivity index (χ1n) is 5.63. The lowest BCUT2D eigenvalue weighted by Crippen LogP contribution is -2.00. The molecule has 0 aliphatic carbocycles. The normalized spacial score (nSPS) is 10.7. The molecule has 0 spiro atoms. The van der Waals surface area contributed by atoms with Crippen LogP contribution in [0.4, 0.5) is 0 Å². The number of hydrogen-bond donors (Lipinski definition) is 0. The molecule has 0 N–H and O–H groups in total. The smallest absolute Gasteiger partial charge is 0.154 e. The van der Waals surface area contributed by atoms with Crippen molar-refractivity contribution in [1.29, 1.82) is 0 Å². The van der Waals surface area contributed by atoms with Gasteiger partial charge in [0.1, 0.15) is 5.69 Å². The maximum atomic E-state index is 5.32. The number of halogens is 1. The van der Waals surface area contributed by atoms with Crippen LogP contribution in [0.1, 0.15) is 5.56 Å². The van der Waals surface area contributed by atoms with Crippen LogP contribution in [0, 0.1) is 0 Å². The first-order chi connectivity index (χ1) is 8.81. The van der Waals surface area contributed by atoms with Crippen LogP contribution in [0.5, 0.6) is 0 Å². The third-order valence-electron chi connectivity index (χ3n) is 2.65. The minimum absolute atomic E-state index is 0.750. The zero-order valence-corrected chi connectivity index (χ0v) is 11.2. The van der Waals surface area contributed by atoms with E-state index in [-0.39, 0.29) is 0 Å². The second kappa shape index (κ2) is 4.82. The summed E-state index contributed by atoms with van der Waals surface area (Å²) in [6.45, 7) is 0.750. The Balaban J connectivity index is 1.82.